The number of nitrogens with zero attached hydrogens (tertiary/aromatic N) is 1. The summed E-state index contributed by atoms with van der Waals surface area (Å²) in [5.41, 5.74) is 7.52. The molecular formula is C10H16N2. The summed E-state index contributed by atoms with van der Waals surface area (Å²) in [6, 6.07) is 2.08. The van der Waals surface area contributed by atoms with Crippen LogP contribution in [-0.4, -0.2) is 0 Å². The first-order chi connectivity index (χ1) is 5.61. The Hall–Kier alpha value is -1.23. The van der Waals surface area contributed by atoms with Crippen LogP contribution in [0.2, 0.25) is 0 Å². The Labute approximate surface area is 74.4 Å². The summed E-state index contributed by atoms with van der Waals surface area (Å²) in [5.74, 6) is -0.189. The summed E-state index contributed by atoms with van der Waals surface area (Å²) in [4.78, 5) is 0. The summed E-state index contributed by atoms with van der Waals surface area (Å²) in [7, 11) is 0. The van der Waals surface area contributed by atoms with E-state index in [2.05, 4.69) is 13.0 Å². The largest absolute Gasteiger partial charge is 0.401 e. The molecule has 2 nitrogen and oxygen atoms in total. The Balaban J connectivity index is 4.29. The van der Waals surface area contributed by atoms with Crippen LogP contribution in [0.15, 0.2) is 23.4 Å². The molecule has 0 aromatic rings. The molecule has 0 heterocycles. The van der Waals surface area contributed by atoms with Gasteiger partial charge >= 0.3 is 0 Å². The second kappa shape index (κ2) is 5.42. The second-order valence-electron chi connectivity index (χ2n) is 2.88. The van der Waals surface area contributed by atoms with Crippen molar-refractivity contribution in [1.82, 2.24) is 0 Å². The molecule has 0 radical (unpaired) electrons. The third-order valence-electron chi connectivity index (χ3n) is 1.81. The molecule has 1 atom stereocenters. The van der Waals surface area contributed by atoms with E-state index in [4.69, 9.17) is 11.0 Å². The minimum atomic E-state index is -0.189. The summed E-state index contributed by atoms with van der Waals surface area (Å²) < 4.78 is 0. The van der Waals surface area contributed by atoms with Crippen molar-refractivity contribution in [2.24, 2.45) is 11.7 Å². The minimum Gasteiger partial charge on any atom is -0.401 e. The van der Waals surface area contributed by atoms with Gasteiger partial charge in [-0.1, -0.05) is 18.6 Å². The summed E-state index contributed by atoms with van der Waals surface area (Å²) in [6.07, 6.45) is 4.79. The molecule has 0 spiro atoms. The van der Waals surface area contributed by atoms with Crippen LogP contribution in [0.5, 0.6) is 0 Å². The normalized spacial score (nSPS) is 15.5. The van der Waals surface area contributed by atoms with Gasteiger partial charge in [-0.05, 0) is 26.3 Å². The molecule has 1 unspecified atom stereocenters. The van der Waals surface area contributed by atoms with Crippen molar-refractivity contribution in [1.29, 1.82) is 5.26 Å². The van der Waals surface area contributed by atoms with Crippen molar-refractivity contribution in [3.05, 3.63) is 23.4 Å². The molecule has 2 heteroatoms. The zero-order valence-electron chi connectivity index (χ0n) is 7.96. The molecule has 0 aliphatic heterocycles. The van der Waals surface area contributed by atoms with Crippen molar-refractivity contribution < 1.29 is 0 Å². The number of nitrogens with two attached hydrogens (primary N) is 1. The fourth-order valence-electron chi connectivity index (χ4n) is 0.575. The van der Waals surface area contributed by atoms with Crippen molar-refractivity contribution in [3.63, 3.8) is 0 Å². The minimum absolute atomic E-state index is 0.189. The first kappa shape index (κ1) is 10.8. The van der Waals surface area contributed by atoms with E-state index in [1.54, 1.807) is 6.92 Å². The van der Waals surface area contributed by atoms with Crippen LogP contribution < -0.4 is 5.73 Å². The molecule has 0 saturated carbocycles. The van der Waals surface area contributed by atoms with Gasteiger partial charge in [0.15, 0.2) is 0 Å². The lowest BCUT2D eigenvalue weighted by Crippen LogP contribution is -2.05. The number of rotatable bonds is 3. The van der Waals surface area contributed by atoms with Gasteiger partial charge in [0.2, 0.25) is 0 Å². The standard InChI is InChI=1S/C10H16N2/c1-4-8(2)5-6-10(12)9(3)7-11/h5-6,9H,4,12H2,1-3H3/b8-5-,10-6+. The van der Waals surface area contributed by atoms with E-state index in [9.17, 15) is 0 Å². The summed E-state index contributed by atoms with van der Waals surface area (Å²) in [6.45, 7) is 5.92. The van der Waals surface area contributed by atoms with Gasteiger partial charge in [-0.2, -0.15) is 5.26 Å². The topological polar surface area (TPSA) is 49.8 Å². The lowest BCUT2D eigenvalue weighted by molar-refractivity contribution is 0.862. The first-order valence-electron chi connectivity index (χ1n) is 4.14. The number of hydrogen-bond donors (Lipinski definition) is 1. The molecule has 2 N–H and O–H groups in total. The highest BCUT2D eigenvalue weighted by atomic mass is 14.6. The lowest BCUT2D eigenvalue weighted by atomic mass is 10.1. The molecule has 0 aliphatic carbocycles. The second-order valence-corrected chi connectivity index (χ2v) is 2.88. The van der Waals surface area contributed by atoms with E-state index in [0.29, 0.717) is 5.70 Å². The molecule has 0 aromatic carbocycles. The first-order valence-corrected chi connectivity index (χ1v) is 4.14. The number of allylic oxidation sites excluding steroid dienone is 4. The Morgan fingerprint density at radius 2 is 2.17 bits per heavy atom. The molecule has 0 saturated heterocycles. The van der Waals surface area contributed by atoms with E-state index in [1.807, 2.05) is 19.1 Å². The van der Waals surface area contributed by atoms with Crippen molar-refractivity contribution in [2.75, 3.05) is 0 Å². The molecular weight excluding hydrogens is 148 g/mol. The Morgan fingerprint density at radius 1 is 1.58 bits per heavy atom. The van der Waals surface area contributed by atoms with Gasteiger partial charge in [-0.15, -0.1) is 0 Å². The molecule has 12 heavy (non-hydrogen) atoms. The van der Waals surface area contributed by atoms with Crippen molar-refractivity contribution in [2.45, 2.75) is 27.2 Å². The molecule has 0 aliphatic rings. The molecule has 0 bridgehead atoms. The van der Waals surface area contributed by atoms with Crippen LogP contribution in [0, 0.1) is 17.2 Å². The van der Waals surface area contributed by atoms with E-state index in [-0.39, 0.29) is 5.92 Å². The Morgan fingerprint density at radius 3 is 2.58 bits per heavy atom. The Kier molecular flexibility index (Phi) is 4.87. The highest BCUT2D eigenvalue weighted by Crippen LogP contribution is 2.04. The van der Waals surface area contributed by atoms with Crippen LogP contribution in [0.1, 0.15) is 27.2 Å². The monoisotopic (exact) mass is 164 g/mol. The number of hydrogen-bond acceptors (Lipinski definition) is 2. The average molecular weight is 164 g/mol. The highest BCUT2D eigenvalue weighted by Gasteiger charge is 1.99. The Bertz CT molecular complexity index is 231. The van der Waals surface area contributed by atoms with Gasteiger partial charge in [0.25, 0.3) is 0 Å². The van der Waals surface area contributed by atoms with Gasteiger partial charge in [-0.25, -0.2) is 0 Å². The van der Waals surface area contributed by atoms with E-state index < -0.39 is 0 Å². The molecule has 0 fully saturated rings. The molecule has 0 amide bonds. The molecule has 66 valence electrons. The smallest absolute Gasteiger partial charge is 0.0829 e. The van der Waals surface area contributed by atoms with Gasteiger partial charge in [0.05, 0.1) is 12.0 Å². The maximum absolute atomic E-state index is 8.54. The highest BCUT2D eigenvalue weighted by molar-refractivity contribution is 5.19. The van der Waals surface area contributed by atoms with E-state index >= 15 is 0 Å². The zero-order chi connectivity index (χ0) is 9.56. The van der Waals surface area contributed by atoms with E-state index in [0.717, 1.165) is 6.42 Å². The predicted molar refractivity (Wildman–Crippen MR) is 51.1 cm³/mol. The number of nitriles is 1. The fourth-order valence-corrected chi connectivity index (χ4v) is 0.575. The molecule has 0 rings (SSSR count). The van der Waals surface area contributed by atoms with Gasteiger partial charge in [0, 0.05) is 5.70 Å². The average Bonchev–Trinajstić information content (AvgIpc) is 2.11. The molecule has 0 aromatic heterocycles. The summed E-state index contributed by atoms with van der Waals surface area (Å²) >= 11 is 0. The van der Waals surface area contributed by atoms with Gasteiger partial charge in [0.1, 0.15) is 0 Å². The lowest BCUT2D eigenvalue weighted by Gasteiger charge is -2.00. The third kappa shape index (κ3) is 3.82. The zero-order valence-corrected chi connectivity index (χ0v) is 7.96. The van der Waals surface area contributed by atoms with Crippen molar-refractivity contribution >= 4 is 0 Å². The summed E-state index contributed by atoms with van der Waals surface area (Å²) in [5, 5.41) is 8.54. The van der Waals surface area contributed by atoms with Gasteiger partial charge < -0.3 is 5.73 Å². The maximum Gasteiger partial charge on any atom is 0.0829 e. The SMILES string of the molecule is CC/C(C)=C\C=C(\N)C(C)C#N. The quantitative estimate of drug-likeness (QED) is 0.651. The van der Waals surface area contributed by atoms with Crippen LogP contribution >= 0.6 is 0 Å². The maximum atomic E-state index is 8.54. The fraction of sp³-hybridized carbons (Fsp3) is 0.500. The predicted octanol–water partition coefficient (Wildman–Crippen LogP) is 2.34. The van der Waals surface area contributed by atoms with E-state index in [1.165, 1.54) is 5.57 Å². The van der Waals surface area contributed by atoms with Crippen LogP contribution in [0.3, 0.4) is 0 Å². The van der Waals surface area contributed by atoms with Crippen molar-refractivity contribution in [3.8, 4) is 6.07 Å². The van der Waals surface area contributed by atoms with Crippen LogP contribution in [0.25, 0.3) is 0 Å². The van der Waals surface area contributed by atoms with Crippen LogP contribution in [0.4, 0.5) is 0 Å². The van der Waals surface area contributed by atoms with Gasteiger partial charge in [-0.3, -0.25) is 0 Å². The van der Waals surface area contributed by atoms with Crippen LogP contribution in [-0.2, 0) is 0 Å². The third-order valence-corrected chi connectivity index (χ3v) is 1.81.